The van der Waals surface area contributed by atoms with Gasteiger partial charge in [-0.15, -0.1) is 0 Å². The van der Waals surface area contributed by atoms with Gasteiger partial charge in [-0.2, -0.15) is 0 Å². The number of nitrogens with one attached hydrogen (secondary N) is 3. The van der Waals surface area contributed by atoms with Crippen molar-refractivity contribution in [1.29, 1.82) is 0 Å². The number of ketones is 1. The number of benzene rings is 1. The summed E-state index contributed by atoms with van der Waals surface area (Å²) in [6.07, 6.45) is 1.08. The Kier molecular flexibility index (Phi) is 7.79. The molecule has 9 heteroatoms. The average Bonchev–Trinajstić information content (AvgIpc) is 2.68. The van der Waals surface area contributed by atoms with E-state index >= 15 is 0 Å². The number of alkyl carbamates (subject to hydrolysis) is 1. The van der Waals surface area contributed by atoms with Crippen LogP contribution in [-0.2, 0) is 20.7 Å². The van der Waals surface area contributed by atoms with Crippen molar-refractivity contribution in [2.24, 2.45) is 5.92 Å². The summed E-state index contributed by atoms with van der Waals surface area (Å²) < 4.78 is 4.83. The number of fused-ring (bicyclic) bond motifs is 1. The van der Waals surface area contributed by atoms with Crippen LogP contribution in [0, 0.1) is 5.92 Å². The van der Waals surface area contributed by atoms with Gasteiger partial charge in [-0.1, -0.05) is 13.8 Å². The van der Waals surface area contributed by atoms with Gasteiger partial charge in [-0.25, -0.2) is 4.79 Å². The number of rotatable bonds is 7. The summed E-state index contributed by atoms with van der Waals surface area (Å²) in [6, 6.07) is 1.55. The van der Waals surface area contributed by atoms with Crippen molar-refractivity contribution in [2.75, 3.05) is 17.7 Å². The molecule has 0 spiro atoms. The monoisotopic (exact) mass is 418 g/mol. The molecule has 0 unspecified atom stereocenters. The predicted octanol–water partition coefficient (Wildman–Crippen LogP) is 2.00. The number of amides is 3. The van der Waals surface area contributed by atoms with Crippen LogP contribution >= 0.6 is 0 Å². The zero-order chi connectivity index (χ0) is 22.4. The van der Waals surface area contributed by atoms with Gasteiger partial charge in [-0.3, -0.25) is 14.4 Å². The highest BCUT2D eigenvalue weighted by Crippen LogP contribution is 2.32. The molecule has 0 radical (unpaired) electrons. The van der Waals surface area contributed by atoms with E-state index in [1.165, 1.54) is 0 Å². The Balaban J connectivity index is 2.07. The lowest BCUT2D eigenvalue weighted by molar-refractivity contribution is -0.128. The highest BCUT2D eigenvalue weighted by Gasteiger charge is 2.28. The maximum atomic E-state index is 12.7. The van der Waals surface area contributed by atoms with E-state index in [2.05, 4.69) is 16.0 Å². The van der Waals surface area contributed by atoms with Crippen molar-refractivity contribution in [3.63, 3.8) is 0 Å². The number of hydrogen-bond acceptors (Lipinski definition) is 6. The predicted molar refractivity (Wildman–Crippen MR) is 113 cm³/mol. The largest absolute Gasteiger partial charge is 0.450 e. The van der Waals surface area contributed by atoms with Gasteiger partial charge in [0.05, 0.1) is 6.61 Å². The van der Waals surface area contributed by atoms with Crippen molar-refractivity contribution in [3.8, 4) is 0 Å². The molecule has 0 heterocycles. The molecule has 1 aliphatic rings. The molecule has 3 amide bonds. The Hall–Kier alpha value is -3.10. The highest BCUT2D eigenvalue weighted by molar-refractivity contribution is 6.06. The third-order valence-electron chi connectivity index (χ3n) is 4.96. The molecule has 164 valence electrons. The van der Waals surface area contributed by atoms with Crippen molar-refractivity contribution < 1.29 is 23.9 Å². The summed E-state index contributed by atoms with van der Waals surface area (Å²) in [5.74, 6) is -1.17. The first-order valence-corrected chi connectivity index (χ1v) is 10.1. The Labute approximate surface area is 176 Å². The molecule has 1 aromatic rings. The number of nitrogen functional groups attached to an aromatic ring is 1. The summed E-state index contributed by atoms with van der Waals surface area (Å²) >= 11 is 0. The van der Waals surface area contributed by atoms with Crippen LogP contribution < -0.4 is 21.7 Å². The summed E-state index contributed by atoms with van der Waals surface area (Å²) in [7, 11) is 0. The van der Waals surface area contributed by atoms with Crippen LogP contribution in [0.15, 0.2) is 12.1 Å². The van der Waals surface area contributed by atoms with Gasteiger partial charge in [0.15, 0.2) is 5.78 Å². The number of carbonyl (C=O) groups is 4. The van der Waals surface area contributed by atoms with E-state index in [1.54, 1.807) is 39.8 Å². The molecule has 2 atom stereocenters. The third kappa shape index (κ3) is 5.49. The summed E-state index contributed by atoms with van der Waals surface area (Å²) in [6.45, 7) is 6.95. The fraction of sp³-hybridized carbons (Fsp3) is 0.524. The lowest BCUT2D eigenvalue weighted by Crippen LogP contribution is -2.53. The molecule has 9 nitrogen and oxygen atoms in total. The lowest BCUT2D eigenvalue weighted by atomic mass is 9.88. The maximum absolute atomic E-state index is 12.7. The zero-order valence-electron chi connectivity index (χ0n) is 17.8. The number of Topliss-reactive ketones (excluding diaryl/α,β-unsaturated/α-hetero) is 1. The molecule has 1 aromatic carbocycles. The van der Waals surface area contributed by atoms with Crippen LogP contribution in [0.4, 0.5) is 16.2 Å². The van der Waals surface area contributed by atoms with Gasteiger partial charge in [0.1, 0.15) is 12.1 Å². The molecule has 0 fully saturated rings. The topological polar surface area (TPSA) is 140 Å². The van der Waals surface area contributed by atoms with Crippen molar-refractivity contribution in [3.05, 3.63) is 23.3 Å². The minimum absolute atomic E-state index is 0.0315. The van der Waals surface area contributed by atoms with Crippen LogP contribution in [0.5, 0.6) is 0 Å². The van der Waals surface area contributed by atoms with E-state index < -0.39 is 30.0 Å². The van der Waals surface area contributed by atoms with Gasteiger partial charge in [0.2, 0.25) is 11.8 Å². The van der Waals surface area contributed by atoms with Gasteiger partial charge in [0, 0.05) is 23.4 Å². The molecular weight excluding hydrogens is 388 g/mol. The van der Waals surface area contributed by atoms with Gasteiger partial charge >= 0.3 is 6.09 Å². The first-order chi connectivity index (χ1) is 14.1. The van der Waals surface area contributed by atoms with Crippen molar-refractivity contribution in [2.45, 2.75) is 59.0 Å². The van der Waals surface area contributed by atoms with Gasteiger partial charge in [-0.05, 0) is 50.3 Å². The summed E-state index contributed by atoms with van der Waals surface area (Å²) in [5, 5.41) is 7.90. The van der Waals surface area contributed by atoms with E-state index in [0.717, 1.165) is 5.56 Å². The number of hydrogen-bond donors (Lipinski definition) is 4. The van der Waals surface area contributed by atoms with E-state index in [0.29, 0.717) is 36.2 Å². The van der Waals surface area contributed by atoms with E-state index in [9.17, 15) is 19.2 Å². The average molecular weight is 418 g/mol. The van der Waals surface area contributed by atoms with Crippen LogP contribution in [0.3, 0.4) is 0 Å². The van der Waals surface area contributed by atoms with E-state index in [1.807, 2.05) is 0 Å². The Morgan fingerprint density at radius 2 is 1.80 bits per heavy atom. The number of anilines is 2. The molecule has 0 bridgehead atoms. The van der Waals surface area contributed by atoms with E-state index in [4.69, 9.17) is 10.5 Å². The first-order valence-electron chi connectivity index (χ1n) is 10.1. The normalized spacial score (nSPS) is 15.0. The minimum atomic E-state index is -0.866. The molecule has 0 saturated carbocycles. The SMILES string of the molecule is CCOC(=O)N[C@H](C(=O)N[C@@H](C)C(=O)Nc1ccc(N)c2c1CCCC2=O)C(C)C. The van der Waals surface area contributed by atoms with Crippen LogP contribution in [0.2, 0.25) is 0 Å². The number of carbonyl (C=O) groups excluding carboxylic acids is 4. The molecule has 5 N–H and O–H groups in total. The molecule has 0 aliphatic heterocycles. The molecule has 0 aromatic heterocycles. The molecule has 2 rings (SSSR count). The first kappa shape index (κ1) is 23.2. The Bertz CT molecular complexity index is 837. The van der Waals surface area contributed by atoms with Crippen molar-refractivity contribution >= 4 is 35.1 Å². The second-order valence-corrected chi connectivity index (χ2v) is 7.64. The van der Waals surface area contributed by atoms with Crippen molar-refractivity contribution in [1.82, 2.24) is 10.6 Å². The standard InChI is InChI=1S/C21H30N4O5/c1-5-30-21(29)25-18(11(2)3)20(28)23-12(4)19(27)24-15-10-9-14(22)17-13(15)7-6-8-16(17)26/h9-12,18H,5-8,22H2,1-4H3,(H,23,28)(H,24,27)(H,25,29)/t12-,18-/m0/s1. The smallest absolute Gasteiger partial charge is 0.407 e. The molecule has 1 aliphatic carbocycles. The zero-order valence-corrected chi connectivity index (χ0v) is 17.8. The number of nitrogens with two attached hydrogens (primary N) is 1. The fourth-order valence-corrected chi connectivity index (χ4v) is 3.37. The number of ether oxygens (including phenoxy) is 1. The van der Waals surface area contributed by atoms with E-state index in [-0.39, 0.29) is 18.3 Å². The second kappa shape index (κ2) is 10.1. The maximum Gasteiger partial charge on any atom is 0.407 e. The fourth-order valence-electron chi connectivity index (χ4n) is 3.37. The lowest BCUT2D eigenvalue weighted by Gasteiger charge is -2.24. The van der Waals surface area contributed by atoms with Gasteiger partial charge in [0.25, 0.3) is 0 Å². The summed E-state index contributed by atoms with van der Waals surface area (Å²) in [4.78, 5) is 49.1. The third-order valence-corrected chi connectivity index (χ3v) is 4.96. The highest BCUT2D eigenvalue weighted by atomic mass is 16.5. The van der Waals surface area contributed by atoms with Crippen LogP contribution in [-0.4, -0.2) is 42.4 Å². The molecule has 30 heavy (non-hydrogen) atoms. The summed E-state index contributed by atoms with van der Waals surface area (Å²) in [5.41, 5.74) is 8.05. The Morgan fingerprint density at radius 3 is 2.43 bits per heavy atom. The molecule has 0 saturated heterocycles. The van der Waals surface area contributed by atoms with Gasteiger partial charge < -0.3 is 26.4 Å². The molecular formula is C21H30N4O5. The quantitative estimate of drug-likeness (QED) is 0.499. The van der Waals surface area contributed by atoms with Crippen LogP contribution in [0.25, 0.3) is 0 Å². The Morgan fingerprint density at radius 1 is 1.10 bits per heavy atom. The second-order valence-electron chi connectivity index (χ2n) is 7.64. The van der Waals surface area contributed by atoms with Crippen LogP contribution in [0.1, 0.15) is 56.5 Å². The minimum Gasteiger partial charge on any atom is -0.450 e.